The second-order valence-corrected chi connectivity index (χ2v) is 7.99. The van der Waals surface area contributed by atoms with Crippen molar-refractivity contribution >= 4 is 23.1 Å². The number of nitrogens with zero attached hydrogens (tertiary/aromatic N) is 1. The van der Waals surface area contributed by atoms with Crippen LogP contribution in [0.25, 0.3) is 5.57 Å². The zero-order valence-corrected chi connectivity index (χ0v) is 18.8. The predicted octanol–water partition coefficient (Wildman–Crippen LogP) is 6.51. The Hall–Kier alpha value is -2.99. The molecule has 1 N–H and O–H groups in total. The van der Waals surface area contributed by atoms with Crippen LogP contribution in [0.4, 0.5) is 8.78 Å². The third kappa shape index (κ3) is 6.04. The minimum atomic E-state index is -0.933. The van der Waals surface area contributed by atoms with E-state index in [2.05, 4.69) is 23.5 Å². The molecule has 0 aliphatic carbocycles. The Morgan fingerprint density at radius 3 is 2.81 bits per heavy atom. The highest BCUT2D eigenvalue weighted by molar-refractivity contribution is 6.30. The maximum atomic E-state index is 13.8. The van der Waals surface area contributed by atoms with Crippen molar-refractivity contribution in [2.24, 2.45) is 0 Å². The van der Waals surface area contributed by atoms with Gasteiger partial charge in [0.05, 0.1) is 0 Å². The summed E-state index contributed by atoms with van der Waals surface area (Å²) in [7, 11) is 0. The summed E-state index contributed by atoms with van der Waals surface area (Å²) < 4.78 is 32.4. The molecule has 0 saturated heterocycles. The fraction of sp³-hybridized carbons (Fsp3) is 0.280. The second-order valence-electron chi connectivity index (χ2n) is 7.55. The molecule has 7 heteroatoms. The van der Waals surface area contributed by atoms with Gasteiger partial charge in [0.25, 0.3) is 5.91 Å². The fourth-order valence-electron chi connectivity index (χ4n) is 3.38. The molecule has 0 saturated carbocycles. The number of aryl methyl sites for hydroxylation is 1. The Bertz CT molecular complexity index is 1120. The summed E-state index contributed by atoms with van der Waals surface area (Å²) in [6.45, 7) is 4.54. The number of hydrogen-bond acceptors (Lipinski definition) is 3. The number of aromatic nitrogens is 1. The topological polar surface area (TPSA) is 55.1 Å². The van der Waals surface area contributed by atoms with Gasteiger partial charge in [-0.1, -0.05) is 54.4 Å². The summed E-state index contributed by atoms with van der Waals surface area (Å²) in [5, 5.41) is 7.27. The largest absolute Gasteiger partial charge is 0.360 e. The normalized spacial score (nSPS) is 11.6. The van der Waals surface area contributed by atoms with Crippen LogP contribution in [-0.4, -0.2) is 17.6 Å². The van der Waals surface area contributed by atoms with Crippen LogP contribution in [0, 0.1) is 18.6 Å². The highest BCUT2D eigenvalue weighted by Crippen LogP contribution is 2.26. The van der Waals surface area contributed by atoms with Crippen molar-refractivity contribution in [3.8, 4) is 0 Å². The molecular formula is C25H25ClF2N2O2. The molecule has 0 aliphatic heterocycles. The van der Waals surface area contributed by atoms with E-state index in [1.54, 1.807) is 0 Å². The first-order valence-corrected chi connectivity index (χ1v) is 10.9. The number of halogens is 3. The van der Waals surface area contributed by atoms with E-state index in [0.29, 0.717) is 18.0 Å². The average molecular weight is 459 g/mol. The number of benzene rings is 2. The minimum absolute atomic E-state index is 0.00181. The van der Waals surface area contributed by atoms with Gasteiger partial charge in [-0.25, -0.2) is 8.78 Å². The number of amides is 1. The first-order valence-electron chi connectivity index (χ1n) is 10.5. The van der Waals surface area contributed by atoms with E-state index >= 15 is 0 Å². The van der Waals surface area contributed by atoms with Crippen molar-refractivity contribution in [2.75, 3.05) is 6.54 Å². The molecule has 1 heterocycles. The second kappa shape index (κ2) is 11.0. The third-order valence-electron chi connectivity index (χ3n) is 5.09. The molecule has 0 aliphatic rings. The molecule has 4 nitrogen and oxygen atoms in total. The number of unbranched alkanes of at least 4 members (excludes halogenated alkanes) is 1. The molecule has 0 spiro atoms. The SMILES string of the molecule is CCC/C=C(/CCNC(=O)c1cc(Cc2cccc(F)c2F)on1)c1cc(Cl)ccc1C. The molecule has 32 heavy (non-hydrogen) atoms. The van der Waals surface area contributed by atoms with Gasteiger partial charge >= 0.3 is 0 Å². The van der Waals surface area contributed by atoms with E-state index < -0.39 is 17.5 Å². The predicted molar refractivity (Wildman–Crippen MR) is 122 cm³/mol. The smallest absolute Gasteiger partial charge is 0.273 e. The van der Waals surface area contributed by atoms with E-state index in [-0.39, 0.29) is 23.4 Å². The molecule has 0 radical (unpaired) electrons. The van der Waals surface area contributed by atoms with Crippen molar-refractivity contribution in [2.45, 2.75) is 39.5 Å². The summed E-state index contributed by atoms with van der Waals surface area (Å²) >= 11 is 6.18. The zero-order chi connectivity index (χ0) is 23.1. The van der Waals surface area contributed by atoms with Gasteiger partial charge in [0.15, 0.2) is 17.3 Å². The van der Waals surface area contributed by atoms with E-state index in [1.165, 1.54) is 18.2 Å². The molecule has 2 aromatic carbocycles. The Labute approximate surface area is 191 Å². The monoisotopic (exact) mass is 458 g/mol. The molecule has 1 aromatic heterocycles. The average Bonchev–Trinajstić information content (AvgIpc) is 3.24. The number of hydrogen-bond donors (Lipinski definition) is 1. The molecule has 3 aromatic rings. The summed E-state index contributed by atoms with van der Waals surface area (Å²) in [6, 6.07) is 11.1. The van der Waals surface area contributed by atoms with Crippen LogP contribution >= 0.6 is 11.6 Å². The van der Waals surface area contributed by atoms with Crippen LogP contribution in [0.3, 0.4) is 0 Å². The van der Waals surface area contributed by atoms with Crippen LogP contribution in [0.2, 0.25) is 5.02 Å². The summed E-state index contributed by atoms with van der Waals surface area (Å²) in [4.78, 5) is 12.5. The van der Waals surface area contributed by atoms with Crippen molar-refractivity contribution < 1.29 is 18.1 Å². The lowest BCUT2D eigenvalue weighted by molar-refractivity contribution is 0.0945. The molecule has 0 atom stereocenters. The maximum Gasteiger partial charge on any atom is 0.273 e. The van der Waals surface area contributed by atoms with Crippen molar-refractivity contribution in [3.05, 3.63) is 93.3 Å². The van der Waals surface area contributed by atoms with Crippen molar-refractivity contribution in [3.63, 3.8) is 0 Å². The molecule has 168 valence electrons. The highest BCUT2D eigenvalue weighted by Gasteiger charge is 2.16. The van der Waals surface area contributed by atoms with Crippen LogP contribution in [0.5, 0.6) is 0 Å². The van der Waals surface area contributed by atoms with Gasteiger partial charge in [-0.2, -0.15) is 0 Å². The lowest BCUT2D eigenvalue weighted by atomic mass is 9.96. The van der Waals surface area contributed by atoms with Gasteiger partial charge in [0, 0.05) is 24.1 Å². The highest BCUT2D eigenvalue weighted by atomic mass is 35.5. The van der Waals surface area contributed by atoms with E-state index in [0.717, 1.165) is 35.6 Å². The molecule has 3 rings (SSSR count). The minimum Gasteiger partial charge on any atom is -0.360 e. The van der Waals surface area contributed by atoms with Gasteiger partial charge in [0.1, 0.15) is 5.76 Å². The number of carbonyl (C=O) groups is 1. The van der Waals surface area contributed by atoms with Crippen molar-refractivity contribution in [1.29, 1.82) is 0 Å². The Balaban J connectivity index is 1.62. The number of carbonyl (C=O) groups excluding carboxylic acids is 1. The summed E-state index contributed by atoms with van der Waals surface area (Å²) in [5.41, 5.74) is 3.54. The van der Waals surface area contributed by atoms with Gasteiger partial charge in [-0.15, -0.1) is 0 Å². The van der Waals surface area contributed by atoms with E-state index in [4.69, 9.17) is 16.1 Å². The number of allylic oxidation sites excluding steroid dienone is 1. The van der Waals surface area contributed by atoms with Gasteiger partial charge < -0.3 is 9.84 Å². The molecule has 0 unspecified atom stereocenters. The Morgan fingerprint density at radius 1 is 1.22 bits per heavy atom. The van der Waals surface area contributed by atoms with Crippen molar-refractivity contribution in [1.82, 2.24) is 10.5 Å². The summed E-state index contributed by atoms with van der Waals surface area (Å²) in [5.74, 6) is -1.98. The summed E-state index contributed by atoms with van der Waals surface area (Å²) in [6.07, 6.45) is 4.75. The lowest BCUT2D eigenvalue weighted by Gasteiger charge is -2.12. The molecular weight excluding hydrogens is 434 g/mol. The van der Waals surface area contributed by atoms with Gasteiger partial charge in [-0.3, -0.25) is 4.79 Å². The van der Waals surface area contributed by atoms with Crippen LogP contribution in [0.15, 0.2) is 53.1 Å². The molecule has 1 amide bonds. The standard InChI is InChI=1S/C25H25ClF2N2O2/c1-3-4-6-17(21-14-19(26)10-9-16(21)2)11-12-29-25(31)23-15-20(32-30-23)13-18-7-5-8-22(27)24(18)28/h5-10,14-15H,3-4,11-13H2,1-2H3,(H,29,31)/b17-6-. The number of nitrogens with one attached hydrogen (secondary N) is 1. The fourth-order valence-corrected chi connectivity index (χ4v) is 3.55. The maximum absolute atomic E-state index is 13.8. The molecule has 0 fully saturated rings. The van der Waals surface area contributed by atoms with Crippen LogP contribution in [-0.2, 0) is 6.42 Å². The van der Waals surface area contributed by atoms with Gasteiger partial charge in [0.2, 0.25) is 0 Å². The van der Waals surface area contributed by atoms with Gasteiger partial charge in [-0.05, 0) is 60.2 Å². The van der Waals surface area contributed by atoms with Crippen LogP contribution < -0.4 is 5.32 Å². The van der Waals surface area contributed by atoms with E-state index in [9.17, 15) is 13.6 Å². The Kier molecular flexibility index (Phi) is 8.17. The quantitative estimate of drug-likeness (QED) is 0.397. The Morgan fingerprint density at radius 2 is 2.03 bits per heavy atom. The van der Waals surface area contributed by atoms with E-state index in [1.807, 2.05) is 25.1 Å². The molecule has 0 bridgehead atoms. The number of rotatable bonds is 9. The third-order valence-corrected chi connectivity index (χ3v) is 5.33. The lowest BCUT2D eigenvalue weighted by Crippen LogP contribution is -2.25. The first-order chi connectivity index (χ1) is 15.4. The first kappa shape index (κ1) is 23.7. The zero-order valence-electron chi connectivity index (χ0n) is 18.1. The van der Waals surface area contributed by atoms with Crippen LogP contribution in [0.1, 0.15) is 59.1 Å².